The highest BCUT2D eigenvalue weighted by molar-refractivity contribution is 7.87. The fourth-order valence-corrected chi connectivity index (χ4v) is 4.89. The van der Waals surface area contributed by atoms with Crippen LogP contribution in [0.3, 0.4) is 0 Å². The summed E-state index contributed by atoms with van der Waals surface area (Å²) in [6.45, 7) is 10.5. The van der Waals surface area contributed by atoms with Crippen LogP contribution in [-0.4, -0.2) is 45.8 Å². The third-order valence-corrected chi connectivity index (χ3v) is 6.21. The van der Waals surface area contributed by atoms with Gasteiger partial charge in [-0.05, 0) is 33.7 Å². The van der Waals surface area contributed by atoms with E-state index in [1.165, 1.54) is 0 Å². The fourth-order valence-electron chi connectivity index (χ4n) is 3.05. The molecule has 2 fully saturated rings. The Labute approximate surface area is 119 Å². The van der Waals surface area contributed by atoms with E-state index < -0.39 is 16.6 Å². The van der Waals surface area contributed by atoms with Crippen LogP contribution in [-0.2, 0) is 20.3 Å². The van der Waals surface area contributed by atoms with Crippen LogP contribution in [0.5, 0.6) is 0 Å². The number of hydrogen-bond donors (Lipinski definition) is 1. The van der Waals surface area contributed by atoms with Gasteiger partial charge in [-0.1, -0.05) is 6.92 Å². The zero-order valence-electron chi connectivity index (χ0n) is 12.5. The molecule has 0 amide bonds. The van der Waals surface area contributed by atoms with Crippen molar-refractivity contribution in [1.82, 2.24) is 5.32 Å². The summed E-state index contributed by atoms with van der Waals surface area (Å²) in [5.41, 5.74) is 0. The van der Waals surface area contributed by atoms with Gasteiger partial charge in [0.25, 0.3) is 0 Å². The molecule has 1 aliphatic heterocycles. The van der Waals surface area contributed by atoms with Crippen molar-refractivity contribution in [1.29, 1.82) is 0 Å². The Hall–Kier alpha value is 0.0300. The monoisotopic (exact) mass is 289 g/mol. The van der Waals surface area contributed by atoms with Crippen molar-refractivity contribution in [3.8, 4) is 0 Å². The molecular formula is C14H27NO3S. The molecule has 0 aromatic rings. The largest absolute Gasteiger partial charge is 0.347 e. The third kappa shape index (κ3) is 3.38. The lowest BCUT2D eigenvalue weighted by atomic mass is 9.89. The highest BCUT2D eigenvalue weighted by atomic mass is 32.2. The lowest BCUT2D eigenvalue weighted by molar-refractivity contribution is -0.178. The molecule has 1 spiro atoms. The molecule has 112 valence electrons. The Balaban J connectivity index is 2.15. The van der Waals surface area contributed by atoms with Crippen molar-refractivity contribution in [3.05, 3.63) is 0 Å². The summed E-state index contributed by atoms with van der Waals surface area (Å²) in [6.07, 6.45) is 2.62. The van der Waals surface area contributed by atoms with Crippen molar-refractivity contribution in [2.75, 3.05) is 19.8 Å². The first kappa shape index (κ1) is 15.4. The lowest BCUT2D eigenvalue weighted by Crippen LogP contribution is -2.54. The standard InChI is InChI=1S/C14H27NO3S/c1-5-15-11-6-7-14(17-8-9-18-14)10-12(11)19(16)13(2,3)4/h11-12,15H,5-10H2,1-4H3. The summed E-state index contributed by atoms with van der Waals surface area (Å²) < 4.78 is 24.2. The van der Waals surface area contributed by atoms with Gasteiger partial charge in [-0.15, -0.1) is 0 Å². The highest BCUT2D eigenvalue weighted by Gasteiger charge is 2.48. The summed E-state index contributed by atoms with van der Waals surface area (Å²) in [5.74, 6) is -0.461. The summed E-state index contributed by atoms with van der Waals surface area (Å²) >= 11 is 0. The molecule has 1 aliphatic carbocycles. The Morgan fingerprint density at radius 3 is 2.47 bits per heavy atom. The van der Waals surface area contributed by atoms with Crippen molar-refractivity contribution in [3.63, 3.8) is 0 Å². The van der Waals surface area contributed by atoms with Crippen LogP contribution in [0.15, 0.2) is 0 Å². The van der Waals surface area contributed by atoms with Gasteiger partial charge in [0.1, 0.15) is 0 Å². The Bertz CT molecular complexity index is 334. The average molecular weight is 289 g/mol. The van der Waals surface area contributed by atoms with Crippen LogP contribution in [0.1, 0.15) is 47.0 Å². The van der Waals surface area contributed by atoms with Crippen LogP contribution in [0.25, 0.3) is 0 Å². The van der Waals surface area contributed by atoms with Gasteiger partial charge < -0.3 is 14.8 Å². The molecule has 1 saturated heterocycles. The molecule has 0 aromatic heterocycles. The van der Waals surface area contributed by atoms with Crippen molar-refractivity contribution in [2.24, 2.45) is 0 Å². The SMILES string of the molecule is CCNC1CCC2(CC1S(=O)C(C)(C)C)OCCO2. The second kappa shape index (κ2) is 5.80. The van der Waals surface area contributed by atoms with E-state index in [2.05, 4.69) is 12.2 Å². The first-order valence-electron chi connectivity index (χ1n) is 7.30. The van der Waals surface area contributed by atoms with Crippen LogP contribution >= 0.6 is 0 Å². The topological polar surface area (TPSA) is 47.6 Å². The minimum atomic E-state index is -0.900. The Morgan fingerprint density at radius 2 is 1.95 bits per heavy atom. The maximum absolute atomic E-state index is 12.8. The molecular weight excluding hydrogens is 262 g/mol. The number of hydrogen-bond acceptors (Lipinski definition) is 4. The second-order valence-electron chi connectivity index (χ2n) is 6.46. The van der Waals surface area contributed by atoms with Crippen molar-refractivity contribution < 1.29 is 13.7 Å². The minimum absolute atomic E-state index is 0.104. The quantitative estimate of drug-likeness (QED) is 0.861. The number of rotatable bonds is 3. The van der Waals surface area contributed by atoms with Crippen LogP contribution in [0, 0.1) is 0 Å². The molecule has 0 radical (unpaired) electrons. The van der Waals surface area contributed by atoms with E-state index in [9.17, 15) is 4.21 Å². The molecule has 1 heterocycles. The molecule has 1 saturated carbocycles. The molecule has 3 unspecified atom stereocenters. The van der Waals surface area contributed by atoms with E-state index in [1.54, 1.807) is 0 Å². The molecule has 0 bridgehead atoms. The Kier molecular flexibility index (Phi) is 4.71. The van der Waals surface area contributed by atoms with Gasteiger partial charge in [0.2, 0.25) is 0 Å². The van der Waals surface area contributed by atoms with Crippen LogP contribution < -0.4 is 5.32 Å². The van der Waals surface area contributed by atoms with Crippen LogP contribution in [0.2, 0.25) is 0 Å². The number of ether oxygens (including phenoxy) is 2. The summed E-state index contributed by atoms with van der Waals surface area (Å²) in [6, 6.07) is 0.309. The maximum atomic E-state index is 12.8. The van der Waals surface area contributed by atoms with E-state index in [0.29, 0.717) is 19.3 Å². The minimum Gasteiger partial charge on any atom is -0.347 e. The van der Waals surface area contributed by atoms with Crippen LogP contribution in [0.4, 0.5) is 0 Å². The normalized spacial score (nSPS) is 32.6. The number of nitrogens with one attached hydrogen (secondary N) is 1. The van der Waals surface area contributed by atoms with Crippen molar-refractivity contribution >= 4 is 10.8 Å². The van der Waals surface area contributed by atoms with E-state index in [-0.39, 0.29) is 10.00 Å². The predicted octanol–water partition coefficient (Wildman–Crippen LogP) is 1.81. The molecule has 4 nitrogen and oxygen atoms in total. The summed E-state index contributed by atoms with van der Waals surface area (Å²) in [5, 5.41) is 3.59. The lowest BCUT2D eigenvalue weighted by Gasteiger charge is -2.42. The van der Waals surface area contributed by atoms with Gasteiger partial charge in [-0.25, -0.2) is 0 Å². The molecule has 5 heteroatoms. The zero-order valence-corrected chi connectivity index (χ0v) is 13.3. The molecule has 0 aromatic carbocycles. The molecule has 1 N–H and O–H groups in total. The Morgan fingerprint density at radius 1 is 1.32 bits per heavy atom. The molecule has 2 aliphatic rings. The van der Waals surface area contributed by atoms with E-state index in [1.807, 2.05) is 20.8 Å². The van der Waals surface area contributed by atoms with E-state index in [4.69, 9.17) is 9.47 Å². The summed E-state index contributed by atoms with van der Waals surface area (Å²) in [7, 11) is -0.900. The first-order valence-corrected chi connectivity index (χ1v) is 8.51. The highest BCUT2D eigenvalue weighted by Crippen LogP contribution is 2.39. The zero-order chi connectivity index (χ0) is 14.1. The second-order valence-corrected chi connectivity index (χ2v) is 8.89. The van der Waals surface area contributed by atoms with Gasteiger partial charge in [-0.3, -0.25) is 4.21 Å². The molecule has 3 atom stereocenters. The van der Waals surface area contributed by atoms with E-state index >= 15 is 0 Å². The van der Waals surface area contributed by atoms with Gasteiger partial charge in [-0.2, -0.15) is 0 Å². The maximum Gasteiger partial charge on any atom is 0.169 e. The predicted molar refractivity (Wildman–Crippen MR) is 77.6 cm³/mol. The van der Waals surface area contributed by atoms with Gasteiger partial charge in [0, 0.05) is 34.4 Å². The van der Waals surface area contributed by atoms with Gasteiger partial charge in [0.15, 0.2) is 5.79 Å². The van der Waals surface area contributed by atoms with Crippen molar-refractivity contribution in [2.45, 2.75) is 68.8 Å². The van der Waals surface area contributed by atoms with Gasteiger partial charge >= 0.3 is 0 Å². The first-order chi connectivity index (χ1) is 8.88. The average Bonchev–Trinajstić information content (AvgIpc) is 2.78. The van der Waals surface area contributed by atoms with E-state index in [0.717, 1.165) is 25.8 Å². The molecule has 2 rings (SSSR count). The summed E-state index contributed by atoms with van der Waals surface area (Å²) in [4.78, 5) is 0. The van der Waals surface area contributed by atoms with Gasteiger partial charge in [0.05, 0.1) is 18.5 Å². The third-order valence-electron chi connectivity index (χ3n) is 3.96. The smallest absolute Gasteiger partial charge is 0.169 e. The molecule has 19 heavy (non-hydrogen) atoms. The fraction of sp³-hybridized carbons (Fsp3) is 1.00.